The van der Waals surface area contributed by atoms with Crippen molar-refractivity contribution in [1.29, 1.82) is 0 Å². The predicted octanol–water partition coefficient (Wildman–Crippen LogP) is -2.58. The second-order valence-corrected chi connectivity index (χ2v) is 4.68. The van der Waals surface area contributed by atoms with Crippen LogP contribution in [0.2, 0.25) is 0 Å². The molecular formula is H4Cr2MgO7. The van der Waals surface area contributed by atoms with Crippen LogP contribution in [0, 0.1) is 0 Å². The van der Waals surface area contributed by atoms with E-state index in [0.717, 1.165) is 0 Å². The van der Waals surface area contributed by atoms with Crippen molar-refractivity contribution in [2.45, 2.75) is 0 Å². The van der Waals surface area contributed by atoms with E-state index >= 15 is 0 Å². The zero-order valence-corrected chi connectivity index (χ0v) is 6.30. The fourth-order valence-corrected chi connectivity index (χ4v) is 1.85. The molecule has 0 unspecified atom stereocenters. The molecule has 0 saturated carbocycles. The second-order valence-electron chi connectivity index (χ2n) is 0.924. The molecule has 0 amide bonds. The van der Waals surface area contributed by atoms with Crippen LogP contribution in [-0.2, 0) is 45.3 Å². The fraction of sp³-hybridized carbons (Fsp3) is 0. The normalized spacial score (nSPS) is 12.2. The quantitative estimate of drug-likeness (QED) is 0.512. The molecule has 10 heteroatoms. The average Bonchev–Trinajstić information content (AvgIpc) is 1.14. The first-order valence-electron chi connectivity index (χ1n) is 1.37. The van der Waals surface area contributed by atoms with Gasteiger partial charge in [-0.15, -0.1) is 0 Å². The van der Waals surface area contributed by atoms with Crippen LogP contribution < -0.4 is 0 Å². The third-order valence-electron chi connectivity index (χ3n) is 0.172. The van der Waals surface area contributed by atoms with Gasteiger partial charge in [0, 0.05) is 0 Å². The Labute approximate surface area is 76.3 Å². The van der Waals surface area contributed by atoms with Crippen molar-refractivity contribution in [3.63, 3.8) is 0 Å². The Balaban J connectivity index is 0. The van der Waals surface area contributed by atoms with Crippen LogP contribution in [0.15, 0.2) is 0 Å². The molecule has 60 valence electrons. The maximum absolute atomic E-state index is 9.53. The Hall–Kier alpha value is 0.911. The molecular weight excluding hydrogens is 240 g/mol. The predicted molar refractivity (Wildman–Crippen MR) is 16.8 cm³/mol. The summed E-state index contributed by atoms with van der Waals surface area (Å²) in [4.78, 5) is 0. The standard InChI is InChI=1S/2Cr.Mg.2H2O.5O.2H/h;;;2*1H2;;;;;;;/q2*+1;;;;;;;;;;/p-2. The molecule has 0 aliphatic carbocycles. The zero-order valence-electron chi connectivity index (χ0n) is 3.75. The van der Waals surface area contributed by atoms with Crippen LogP contribution in [0.5, 0.6) is 0 Å². The van der Waals surface area contributed by atoms with Gasteiger partial charge in [-0.2, -0.15) is 0 Å². The molecule has 0 heterocycles. The Kier molecular flexibility index (Phi) is 5.49. The fourth-order valence-electron chi connectivity index (χ4n) is 0.109. The van der Waals surface area contributed by atoms with Crippen LogP contribution in [-0.4, -0.2) is 31.4 Å². The summed E-state index contributed by atoms with van der Waals surface area (Å²) in [5.74, 6) is 0. The van der Waals surface area contributed by atoms with E-state index in [1.54, 1.807) is 0 Å². The van der Waals surface area contributed by atoms with Crippen LogP contribution in [0.1, 0.15) is 0 Å². The van der Waals surface area contributed by atoms with Crippen molar-refractivity contribution in [2.24, 2.45) is 0 Å². The van der Waals surface area contributed by atoms with Crippen LogP contribution in [0.4, 0.5) is 0 Å². The second kappa shape index (κ2) is 4.07. The zero-order chi connectivity index (χ0) is 7.71. The monoisotopic (exact) mass is 244 g/mol. The van der Waals surface area contributed by atoms with Gasteiger partial charge in [-0.3, -0.25) is 0 Å². The Morgan fingerprint density at radius 1 is 0.900 bits per heavy atom. The van der Waals surface area contributed by atoms with Crippen molar-refractivity contribution in [1.82, 2.24) is 0 Å². The molecule has 0 rings (SSSR count). The van der Waals surface area contributed by atoms with E-state index in [2.05, 4.69) is 2.84 Å². The minimum atomic E-state index is -5.76. The molecule has 0 aromatic heterocycles. The molecule has 0 fully saturated rings. The van der Waals surface area contributed by atoms with E-state index in [-0.39, 0.29) is 23.1 Å². The van der Waals surface area contributed by atoms with Gasteiger partial charge in [-0.05, 0) is 0 Å². The number of hydrogen-bond acceptors (Lipinski definition) is 5. The van der Waals surface area contributed by atoms with E-state index in [9.17, 15) is 15.2 Å². The molecule has 0 aliphatic heterocycles. The summed E-state index contributed by atoms with van der Waals surface area (Å²) >= 11 is -11.5. The Bertz CT molecular complexity index is 237. The van der Waals surface area contributed by atoms with Crippen molar-refractivity contribution >= 4 is 23.1 Å². The van der Waals surface area contributed by atoms with Gasteiger partial charge < -0.3 is 0 Å². The topological polar surface area (TPSA) is 118 Å². The van der Waals surface area contributed by atoms with E-state index in [1.165, 1.54) is 0 Å². The Morgan fingerprint density at radius 2 is 1.10 bits per heavy atom. The molecule has 0 aromatic carbocycles. The van der Waals surface area contributed by atoms with E-state index < -0.39 is 27.2 Å². The van der Waals surface area contributed by atoms with Gasteiger partial charge in [0.15, 0.2) is 0 Å². The summed E-state index contributed by atoms with van der Waals surface area (Å²) in [6.07, 6.45) is 0. The molecule has 0 saturated heterocycles. The molecule has 0 aromatic rings. The van der Waals surface area contributed by atoms with Gasteiger partial charge in [0.2, 0.25) is 0 Å². The van der Waals surface area contributed by atoms with E-state index in [0.29, 0.717) is 0 Å². The molecule has 0 spiro atoms. The minimum absolute atomic E-state index is 0. The first kappa shape index (κ1) is 13.5. The molecule has 0 atom stereocenters. The molecule has 10 heavy (non-hydrogen) atoms. The molecule has 7 nitrogen and oxygen atoms in total. The van der Waals surface area contributed by atoms with Gasteiger partial charge in [-0.25, -0.2) is 0 Å². The molecule has 2 N–H and O–H groups in total. The first-order valence-corrected chi connectivity index (χ1v) is 5.63. The summed E-state index contributed by atoms with van der Waals surface area (Å²) in [5.41, 5.74) is 0. The third kappa shape index (κ3) is 11.7. The SMILES string of the molecule is [MgH2].[O]=[Cr](=[O])([OH])[O][Cr](=[O])(=[O])[OH]. The van der Waals surface area contributed by atoms with E-state index in [1.807, 2.05) is 0 Å². The first-order chi connectivity index (χ1) is 3.71. The van der Waals surface area contributed by atoms with Gasteiger partial charge in [-0.1, -0.05) is 0 Å². The van der Waals surface area contributed by atoms with Gasteiger partial charge in [0.25, 0.3) is 0 Å². The summed E-state index contributed by atoms with van der Waals surface area (Å²) in [6, 6.07) is 0. The molecule has 0 radical (unpaired) electrons. The number of hydrogen-bond donors (Lipinski definition) is 2. The Morgan fingerprint density at radius 3 is 1.10 bits per heavy atom. The average molecular weight is 244 g/mol. The van der Waals surface area contributed by atoms with Crippen molar-refractivity contribution in [3.8, 4) is 0 Å². The summed E-state index contributed by atoms with van der Waals surface area (Å²) in [5, 5.41) is 0. The van der Waals surface area contributed by atoms with Crippen molar-refractivity contribution < 1.29 is 53.6 Å². The van der Waals surface area contributed by atoms with Crippen molar-refractivity contribution in [3.05, 3.63) is 0 Å². The van der Waals surface area contributed by atoms with Gasteiger partial charge in [0.05, 0.1) is 0 Å². The summed E-state index contributed by atoms with van der Waals surface area (Å²) in [6.45, 7) is 0. The summed E-state index contributed by atoms with van der Waals surface area (Å²) < 4.78 is 56.3. The van der Waals surface area contributed by atoms with Crippen molar-refractivity contribution in [2.75, 3.05) is 0 Å². The number of rotatable bonds is 2. The van der Waals surface area contributed by atoms with E-state index in [4.69, 9.17) is 8.32 Å². The summed E-state index contributed by atoms with van der Waals surface area (Å²) in [7, 11) is 0. The van der Waals surface area contributed by atoms with Crippen LogP contribution in [0.3, 0.4) is 0 Å². The molecule has 0 bridgehead atoms. The van der Waals surface area contributed by atoms with Gasteiger partial charge in [0.1, 0.15) is 0 Å². The maximum atomic E-state index is 9.53. The van der Waals surface area contributed by atoms with Crippen LogP contribution >= 0.6 is 0 Å². The third-order valence-corrected chi connectivity index (χ3v) is 2.92. The van der Waals surface area contributed by atoms with Gasteiger partial charge >= 0.3 is 76.7 Å². The van der Waals surface area contributed by atoms with Crippen LogP contribution in [0.25, 0.3) is 0 Å². The molecule has 0 aliphatic rings.